The number of nitrogens with one attached hydrogen (secondary N) is 1. The van der Waals surface area contributed by atoms with Gasteiger partial charge >= 0.3 is 0 Å². The first-order chi connectivity index (χ1) is 9.38. The molecule has 0 bridgehead atoms. The van der Waals surface area contributed by atoms with Gasteiger partial charge in [0.25, 0.3) is 0 Å². The van der Waals surface area contributed by atoms with Crippen molar-refractivity contribution in [3.05, 3.63) is 35.4 Å². The molecule has 2 aliphatic rings. The minimum absolute atomic E-state index is 0.698. The molecule has 1 aromatic carbocycles. The molecule has 1 saturated heterocycles. The van der Waals surface area contributed by atoms with Crippen LogP contribution in [0.4, 0.5) is 0 Å². The third-order valence-electron chi connectivity index (χ3n) is 4.82. The van der Waals surface area contributed by atoms with E-state index in [1.54, 1.807) is 11.1 Å². The van der Waals surface area contributed by atoms with Crippen LogP contribution in [0.1, 0.15) is 49.1 Å². The van der Waals surface area contributed by atoms with Gasteiger partial charge < -0.3 is 5.32 Å². The molecule has 3 atom stereocenters. The van der Waals surface area contributed by atoms with E-state index in [1.165, 1.54) is 44.3 Å². The van der Waals surface area contributed by atoms with Gasteiger partial charge in [-0.3, -0.25) is 0 Å². The van der Waals surface area contributed by atoms with E-state index in [1.807, 2.05) is 0 Å². The van der Waals surface area contributed by atoms with E-state index in [9.17, 15) is 0 Å². The van der Waals surface area contributed by atoms with Gasteiger partial charge in [-0.05, 0) is 68.4 Å². The zero-order chi connectivity index (χ0) is 13.1. The Balaban J connectivity index is 1.72. The van der Waals surface area contributed by atoms with Gasteiger partial charge in [-0.25, -0.2) is 0 Å². The first-order valence-electron chi connectivity index (χ1n) is 7.75. The van der Waals surface area contributed by atoms with Crippen molar-refractivity contribution in [2.75, 3.05) is 12.8 Å². The smallest absolute Gasteiger partial charge is 0.0201 e. The van der Waals surface area contributed by atoms with Crippen LogP contribution in [-0.4, -0.2) is 24.1 Å². The molecular weight excluding hydrogens is 250 g/mol. The molecule has 104 valence electrons. The van der Waals surface area contributed by atoms with Crippen molar-refractivity contribution in [2.45, 2.75) is 55.7 Å². The zero-order valence-electron chi connectivity index (χ0n) is 11.9. The lowest BCUT2D eigenvalue weighted by Crippen LogP contribution is -2.36. The van der Waals surface area contributed by atoms with Crippen molar-refractivity contribution < 1.29 is 0 Å². The van der Waals surface area contributed by atoms with Gasteiger partial charge in [0, 0.05) is 11.3 Å². The molecule has 0 spiro atoms. The Morgan fingerprint density at radius 2 is 2.16 bits per heavy atom. The van der Waals surface area contributed by atoms with E-state index in [4.69, 9.17) is 0 Å². The SMILES string of the molecule is CNC(CC1CCCc2ccccc21)C1CCCS1. The Morgan fingerprint density at radius 1 is 1.26 bits per heavy atom. The topological polar surface area (TPSA) is 12.0 Å². The normalized spacial score (nSPS) is 28.1. The Morgan fingerprint density at radius 3 is 2.95 bits per heavy atom. The molecule has 1 heterocycles. The number of hydrogen-bond donors (Lipinski definition) is 1. The van der Waals surface area contributed by atoms with Crippen molar-refractivity contribution in [1.82, 2.24) is 5.32 Å². The lowest BCUT2D eigenvalue weighted by molar-refractivity contribution is 0.416. The summed E-state index contributed by atoms with van der Waals surface area (Å²) in [5, 5.41) is 4.45. The minimum atomic E-state index is 0.698. The molecule has 19 heavy (non-hydrogen) atoms. The predicted octanol–water partition coefficient (Wildman–Crippen LogP) is 3.98. The summed E-state index contributed by atoms with van der Waals surface area (Å²) in [6.07, 6.45) is 8.18. The third kappa shape index (κ3) is 3.00. The quantitative estimate of drug-likeness (QED) is 0.892. The molecule has 1 fully saturated rings. The fraction of sp³-hybridized carbons (Fsp3) is 0.647. The van der Waals surface area contributed by atoms with Crippen LogP contribution in [0.2, 0.25) is 0 Å². The largest absolute Gasteiger partial charge is 0.316 e. The zero-order valence-corrected chi connectivity index (χ0v) is 12.7. The van der Waals surface area contributed by atoms with Crippen LogP contribution in [-0.2, 0) is 6.42 Å². The highest BCUT2D eigenvalue weighted by atomic mass is 32.2. The van der Waals surface area contributed by atoms with E-state index in [0.717, 1.165) is 11.2 Å². The molecule has 1 nitrogen and oxygen atoms in total. The second-order valence-electron chi connectivity index (χ2n) is 5.97. The average molecular weight is 275 g/mol. The summed E-state index contributed by atoms with van der Waals surface area (Å²) in [5.74, 6) is 2.15. The lowest BCUT2D eigenvalue weighted by atomic mass is 9.79. The highest BCUT2D eigenvalue weighted by molar-refractivity contribution is 8.00. The summed E-state index contributed by atoms with van der Waals surface area (Å²) in [6.45, 7) is 0. The second-order valence-corrected chi connectivity index (χ2v) is 7.32. The number of thioether (sulfide) groups is 1. The van der Waals surface area contributed by atoms with Crippen molar-refractivity contribution in [1.29, 1.82) is 0 Å². The number of hydrogen-bond acceptors (Lipinski definition) is 2. The molecule has 0 amide bonds. The molecule has 3 unspecified atom stereocenters. The van der Waals surface area contributed by atoms with E-state index >= 15 is 0 Å². The van der Waals surface area contributed by atoms with Crippen LogP contribution in [0, 0.1) is 0 Å². The number of benzene rings is 1. The summed E-state index contributed by atoms with van der Waals surface area (Å²) in [5.41, 5.74) is 3.24. The Bertz CT molecular complexity index is 411. The van der Waals surface area contributed by atoms with Crippen LogP contribution >= 0.6 is 11.8 Å². The molecule has 1 N–H and O–H groups in total. The maximum absolute atomic E-state index is 3.60. The second kappa shape index (κ2) is 6.32. The maximum Gasteiger partial charge on any atom is 0.0201 e. The standard InChI is InChI=1S/C17H25NS/c1-18-16(17-10-5-11-19-17)12-14-8-4-7-13-6-2-3-9-15(13)14/h2-3,6,9,14,16-18H,4-5,7-8,10-12H2,1H3. The monoisotopic (exact) mass is 275 g/mol. The Hall–Kier alpha value is -0.470. The number of aryl methyl sites for hydroxylation is 1. The maximum atomic E-state index is 3.60. The van der Waals surface area contributed by atoms with Crippen molar-refractivity contribution in [2.24, 2.45) is 0 Å². The molecule has 2 heteroatoms. The molecule has 1 aliphatic carbocycles. The molecular formula is C17H25NS. The minimum Gasteiger partial charge on any atom is -0.316 e. The molecule has 1 aliphatic heterocycles. The van der Waals surface area contributed by atoms with Crippen LogP contribution in [0.5, 0.6) is 0 Å². The van der Waals surface area contributed by atoms with Gasteiger partial charge in [0.05, 0.1) is 0 Å². The lowest BCUT2D eigenvalue weighted by Gasteiger charge is -2.31. The molecule has 0 radical (unpaired) electrons. The van der Waals surface area contributed by atoms with Crippen LogP contribution in [0.25, 0.3) is 0 Å². The van der Waals surface area contributed by atoms with Gasteiger partial charge in [-0.15, -0.1) is 0 Å². The van der Waals surface area contributed by atoms with Crippen LogP contribution in [0.15, 0.2) is 24.3 Å². The van der Waals surface area contributed by atoms with Gasteiger partial charge in [0.1, 0.15) is 0 Å². The fourth-order valence-corrected chi connectivity index (χ4v) is 5.23. The molecule has 0 saturated carbocycles. The summed E-state index contributed by atoms with van der Waals surface area (Å²) in [4.78, 5) is 0. The summed E-state index contributed by atoms with van der Waals surface area (Å²) in [6, 6.07) is 9.82. The average Bonchev–Trinajstić information content (AvgIpc) is 2.99. The third-order valence-corrected chi connectivity index (χ3v) is 6.33. The fourth-order valence-electron chi connectivity index (χ4n) is 3.78. The Kier molecular flexibility index (Phi) is 4.49. The van der Waals surface area contributed by atoms with Gasteiger partial charge in [0.2, 0.25) is 0 Å². The number of rotatable bonds is 4. The van der Waals surface area contributed by atoms with Crippen molar-refractivity contribution in [3.8, 4) is 0 Å². The van der Waals surface area contributed by atoms with Gasteiger partial charge in [-0.1, -0.05) is 24.3 Å². The van der Waals surface area contributed by atoms with E-state index in [2.05, 4.69) is 48.4 Å². The van der Waals surface area contributed by atoms with E-state index in [0.29, 0.717) is 6.04 Å². The molecule has 3 rings (SSSR count). The Labute approximate surface area is 121 Å². The van der Waals surface area contributed by atoms with E-state index < -0.39 is 0 Å². The predicted molar refractivity (Wildman–Crippen MR) is 85.1 cm³/mol. The van der Waals surface area contributed by atoms with E-state index in [-0.39, 0.29) is 0 Å². The summed E-state index contributed by atoms with van der Waals surface area (Å²) >= 11 is 2.18. The molecule has 1 aromatic rings. The van der Waals surface area contributed by atoms with Crippen molar-refractivity contribution >= 4 is 11.8 Å². The van der Waals surface area contributed by atoms with Gasteiger partial charge in [-0.2, -0.15) is 11.8 Å². The summed E-state index contributed by atoms with van der Waals surface area (Å²) in [7, 11) is 2.15. The highest BCUT2D eigenvalue weighted by Gasteiger charge is 2.29. The number of fused-ring (bicyclic) bond motifs is 1. The van der Waals surface area contributed by atoms with Crippen LogP contribution in [0.3, 0.4) is 0 Å². The molecule has 0 aromatic heterocycles. The van der Waals surface area contributed by atoms with Crippen molar-refractivity contribution in [3.63, 3.8) is 0 Å². The summed E-state index contributed by atoms with van der Waals surface area (Å²) < 4.78 is 0. The first kappa shape index (κ1) is 13.5. The first-order valence-corrected chi connectivity index (χ1v) is 8.80. The highest BCUT2D eigenvalue weighted by Crippen LogP contribution is 2.38. The van der Waals surface area contributed by atoms with Crippen LogP contribution < -0.4 is 5.32 Å². The van der Waals surface area contributed by atoms with Gasteiger partial charge in [0.15, 0.2) is 0 Å².